The van der Waals surface area contributed by atoms with Crippen molar-refractivity contribution in [3.8, 4) is 0 Å². The zero-order valence-electron chi connectivity index (χ0n) is 8.74. The van der Waals surface area contributed by atoms with E-state index in [0.717, 1.165) is 29.2 Å². The number of aromatic amines is 1. The molecule has 0 aliphatic heterocycles. The maximum atomic E-state index is 10.8. The molecule has 16 heavy (non-hydrogen) atoms. The first kappa shape index (κ1) is 11.0. The molecule has 0 amide bonds. The van der Waals surface area contributed by atoms with Crippen molar-refractivity contribution in [3.05, 3.63) is 41.6 Å². The van der Waals surface area contributed by atoms with Crippen LogP contribution in [0.2, 0.25) is 0 Å². The van der Waals surface area contributed by atoms with E-state index in [2.05, 4.69) is 4.98 Å². The highest BCUT2D eigenvalue weighted by Crippen LogP contribution is 2.19. The van der Waals surface area contributed by atoms with Crippen LogP contribution in [0, 0.1) is 0 Å². The molecule has 2 rings (SSSR count). The molecular formula is C13H12ClNO. The number of fused-ring (bicyclic) bond motifs is 1. The number of hydrogen-bond acceptors (Lipinski definition) is 1. The van der Waals surface area contributed by atoms with Crippen LogP contribution in [0.15, 0.2) is 30.5 Å². The normalized spacial score (nSPS) is 11.3. The number of benzene rings is 1. The predicted molar refractivity (Wildman–Crippen MR) is 68.1 cm³/mol. The number of carbonyl (C=O) groups excluding carboxylic acids is 1. The van der Waals surface area contributed by atoms with Crippen LogP contribution in [0.25, 0.3) is 17.0 Å². The molecule has 0 aliphatic rings. The van der Waals surface area contributed by atoms with E-state index in [0.29, 0.717) is 11.4 Å². The Hall–Kier alpha value is -1.54. The van der Waals surface area contributed by atoms with Gasteiger partial charge in [0.05, 0.1) is 0 Å². The lowest BCUT2D eigenvalue weighted by Crippen LogP contribution is -1.77. The Bertz CT molecular complexity index is 528. The summed E-state index contributed by atoms with van der Waals surface area (Å²) >= 11 is 5.59. The molecule has 1 aromatic carbocycles. The second-order valence-corrected chi connectivity index (χ2v) is 3.92. The molecule has 0 aliphatic carbocycles. The number of allylic oxidation sites excluding steroid dienone is 1. The first-order chi connectivity index (χ1) is 7.85. The molecule has 0 saturated carbocycles. The molecule has 1 heterocycles. The smallest absolute Gasteiger partial charge is 0.152 e. The number of rotatable bonds is 4. The quantitative estimate of drug-likeness (QED) is 0.635. The molecule has 2 nitrogen and oxygen atoms in total. The molecule has 1 N–H and O–H groups in total. The van der Waals surface area contributed by atoms with Gasteiger partial charge in [-0.3, -0.25) is 4.79 Å². The lowest BCUT2D eigenvalue weighted by atomic mass is 10.1. The van der Waals surface area contributed by atoms with Crippen molar-refractivity contribution in [2.75, 3.05) is 5.88 Å². The highest BCUT2D eigenvalue weighted by Gasteiger charge is 2.01. The Morgan fingerprint density at radius 2 is 2.25 bits per heavy atom. The van der Waals surface area contributed by atoms with E-state index in [1.54, 1.807) is 6.20 Å². The van der Waals surface area contributed by atoms with Crippen LogP contribution in [0.5, 0.6) is 0 Å². The number of hydrogen-bond donors (Lipinski definition) is 1. The summed E-state index contributed by atoms with van der Waals surface area (Å²) in [6, 6.07) is 5.99. The molecule has 1 aromatic heterocycles. The Kier molecular flexibility index (Phi) is 3.42. The lowest BCUT2D eigenvalue weighted by Gasteiger charge is -1.95. The molecule has 0 atom stereocenters. The van der Waals surface area contributed by atoms with E-state index in [1.165, 1.54) is 0 Å². The highest BCUT2D eigenvalue weighted by atomic mass is 35.5. The maximum absolute atomic E-state index is 10.8. The third-order valence-corrected chi connectivity index (χ3v) is 2.67. The van der Waals surface area contributed by atoms with Crippen LogP contribution in [0.4, 0.5) is 0 Å². The molecule has 2 aromatic rings. The number of H-pyrrole nitrogens is 1. The van der Waals surface area contributed by atoms with Crippen LogP contribution in [-0.2, 0) is 0 Å². The first-order valence-electron chi connectivity index (χ1n) is 5.14. The summed E-state index contributed by atoms with van der Waals surface area (Å²) in [5, 5.41) is 0.961. The fourth-order valence-electron chi connectivity index (χ4n) is 1.64. The number of carbonyl (C=O) groups is 1. The van der Waals surface area contributed by atoms with E-state index in [4.69, 9.17) is 11.6 Å². The van der Waals surface area contributed by atoms with E-state index in [9.17, 15) is 4.79 Å². The van der Waals surface area contributed by atoms with Gasteiger partial charge in [0, 0.05) is 28.5 Å². The van der Waals surface area contributed by atoms with Gasteiger partial charge in [0.1, 0.15) is 0 Å². The number of alkyl halides is 1. The summed E-state index contributed by atoms with van der Waals surface area (Å²) in [5.41, 5.74) is 2.76. The van der Waals surface area contributed by atoms with Gasteiger partial charge in [-0.15, -0.1) is 11.6 Å². The Balaban J connectivity index is 2.37. The van der Waals surface area contributed by atoms with Gasteiger partial charge in [-0.2, -0.15) is 0 Å². The van der Waals surface area contributed by atoms with Crippen LogP contribution in [0.3, 0.4) is 0 Å². The monoisotopic (exact) mass is 233 g/mol. The Labute approximate surface area is 98.9 Å². The van der Waals surface area contributed by atoms with E-state index < -0.39 is 0 Å². The minimum atomic E-state index is 0.627. The second-order valence-electron chi connectivity index (χ2n) is 3.55. The third-order valence-electron chi connectivity index (χ3n) is 2.45. The van der Waals surface area contributed by atoms with Gasteiger partial charge < -0.3 is 4.98 Å². The average Bonchev–Trinajstić information content (AvgIpc) is 2.71. The molecular weight excluding hydrogens is 222 g/mol. The number of aromatic nitrogens is 1. The van der Waals surface area contributed by atoms with Crippen molar-refractivity contribution < 1.29 is 4.79 Å². The van der Waals surface area contributed by atoms with Crippen molar-refractivity contribution in [2.24, 2.45) is 0 Å². The van der Waals surface area contributed by atoms with Gasteiger partial charge in [0.25, 0.3) is 0 Å². The van der Waals surface area contributed by atoms with Crippen LogP contribution < -0.4 is 0 Å². The molecule has 0 fully saturated rings. The second kappa shape index (κ2) is 4.99. The molecule has 0 bridgehead atoms. The summed E-state index contributed by atoms with van der Waals surface area (Å²) in [5.74, 6) is 0.627. The average molecular weight is 234 g/mol. The summed E-state index contributed by atoms with van der Waals surface area (Å²) in [7, 11) is 0. The summed E-state index contributed by atoms with van der Waals surface area (Å²) < 4.78 is 0. The number of halogens is 1. The SMILES string of the molecule is O=Cc1c[nH]c2ccc(C=CCCCl)cc12. The van der Waals surface area contributed by atoms with Gasteiger partial charge >= 0.3 is 0 Å². The van der Waals surface area contributed by atoms with Crippen LogP contribution >= 0.6 is 11.6 Å². The minimum absolute atomic E-state index is 0.627. The number of nitrogens with one attached hydrogen (secondary N) is 1. The molecule has 0 saturated heterocycles. The molecule has 82 valence electrons. The van der Waals surface area contributed by atoms with Gasteiger partial charge in [0.15, 0.2) is 6.29 Å². The zero-order chi connectivity index (χ0) is 11.4. The van der Waals surface area contributed by atoms with Gasteiger partial charge in [0.2, 0.25) is 0 Å². The Morgan fingerprint density at radius 1 is 1.38 bits per heavy atom. The minimum Gasteiger partial charge on any atom is -0.360 e. The summed E-state index contributed by atoms with van der Waals surface area (Å²) in [6.07, 6.45) is 7.49. The molecule has 0 spiro atoms. The topological polar surface area (TPSA) is 32.9 Å². The fourth-order valence-corrected chi connectivity index (χ4v) is 1.77. The fraction of sp³-hybridized carbons (Fsp3) is 0.154. The largest absolute Gasteiger partial charge is 0.360 e. The zero-order valence-corrected chi connectivity index (χ0v) is 9.50. The maximum Gasteiger partial charge on any atom is 0.152 e. The van der Waals surface area contributed by atoms with Gasteiger partial charge in [-0.25, -0.2) is 0 Å². The lowest BCUT2D eigenvalue weighted by molar-refractivity contribution is 0.112. The molecule has 3 heteroatoms. The van der Waals surface area contributed by atoms with Crippen LogP contribution in [-0.4, -0.2) is 17.2 Å². The molecule has 0 radical (unpaired) electrons. The van der Waals surface area contributed by atoms with E-state index >= 15 is 0 Å². The third kappa shape index (κ3) is 2.17. The van der Waals surface area contributed by atoms with Crippen LogP contribution in [0.1, 0.15) is 22.3 Å². The Morgan fingerprint density at radius 3 is 3.00 bits per heavy atom. The first-order valence-corrected chi connectivity index (χ1v) is 5.67. The summed E-state index contributed by atoms with van der Waals surface area (Å²) in [4.78, 5) is 13.9. The highest BCUT2D eigenvalue weighted by molar-refractivity contribution is 6.17. The van der Waals surface area contributed by atoms with Gasteiger partial charge in [-0.1, -0.05) is 18.2 Å². The van der Waals surface area contributed by atoms with Crippen molar-refractivity contribution >= 4 is 34.9 Å². The van der Waals surface area contributed by atoms with E-state index in [1.807, 2.05) is 30.4 Å². The standard InChI is InChI=1S/C13H12ClNO/c14-6-2-1-3-10-4-5-13-12(7-10)11(9-16)8-15-13/h1,3-5,7-9,15H,2,6H2. The molecule has 0 unspecified atom stereocenters. The van der Waals surface area contributed by atoms with Crippen molar-refractivity contribution in [1.82, 2.24) is 4.98 Å². The van der Waals surface area contributed by atoms with Crippen molar-refractivity contribution in [1.29, 1.82) is 0 Å². The van der Waals surface area contributed by atoms with Crippen molar-refractivity contribution in [3.63, 3.8) is 0 Å². The van der Waals surface area contributed by atoms with Crippen molar-refractivity contribution in [2.45, 2.75) is 6.42 Å². The van der Waals surface area contributed by atoms with Gasteiger partial charge in [-0.05, 0) is 24.1 Å². The van der Waals surface area contributed by atoms with E-state index in [-0.39, 0.29) is 0 Å². The summed E-state index contributed by atoms with van der Waals surface area (Å²) in [6.45, 7) is 0. The predicted octanol–water partition coefficient (Wildman–Crippen LogP) is 3.62. The number of aldehydes is 1.